The molecule has 0 aliphatic heterocycles. The van der Waals surface area contributed by atoms with Crippen LogP contribution in [-0.2, 0) is 22.6 Å². The summed E-state index contributed by atoms with van der Waals surface area (Å²) in [4.78, 5) is 12.7. The number of carbonyl (C=O) groups is 1. The Morgan fingerprint density at radius 3 is 2.75 bits per heavy atom. The van der Waals surface area contributed by atoms with E-state index in [0.29, 0.717) is 5.56 Å². The van der Waals surface area contributed by atoms with Crippen molar-refractivity contribution < 1.29 is 19.7 Å². The fourth-order valence-electron chi connectivity index (χ4n) is 1.68. The Morgan fingerprint density at radius 2 is 2.10 bits per heavy atom. The fourth-order valence-corrected chi connectivity index (χ4v) is 2.29. The number of rotatable bonds is 5. The van der Waals surface area contributed by atoms with Crippen LogP contribution >= 0.6 is 11.3 Å². The first-order valence-electron chi connectivity index (χ1n) is 6.01. The molecule has 0 amide bonds. The summed E-state index contributed by atoms with van der Waals surface area (Å²) in [6.07, 6.45) is 0.233. The van der Waals surface area contributed by atoms with E-state index in [-0.39, 0.29) is 24.5 Å². The van der Waals surface area contributed by atoms with Crippen LogP contribution < -0.4 is 5.73 Å². The van der Waals surface area contributed by atoms with Crippen molar-refractivity contribution in [3.63, 3.8) is 0 Å². The van der Waals surface area contributed by atoms with E-state index in [2.05, 4.69) is 0 Å². The van der Waals surface area contributed by atoms with Crippen molar-refractivity contribution in [3.8, 4) is 11.5 Å². The predicted octanol–water partition coefficient (Wildman–Crippen LogP) is 1.77. The zero-order chi connectivity index (χ0) is 14.5. The lowest BCUT2D eigenvalue weighted by Crippen LogP contribution is -2.34. The quantitative estimate of drug-likeness (QED) is 0.577. The molecule has 1 heterocycles. The monoisotopic (exact) mass is 293 g/mol. The number of benzene rings is 1. The van der Waals surface area contributed by atoms with Gasteiger partial charge in [-0.1, -0.05) is 12.1 Å². The van der Waals surface area contributed by atoms with E-state index >= 15 is 0 Å². The molecule has 0 saturated carbocycles. The number of phenols is 2. The molecule has 0 fully saturated rings. The van der Waals surface area contributed by atoms with E-state index in [9.17, 15) is 15.0 Å². The molecule has 0 aliphatic carbocycles. The average molecular weight is 293 g/mol. The average Bonchev–Trinajstić information content (AvgIpc) is 2.93. The van der Waals surface area contributed by atoms with Crippen molar-refractivity contribution in [2.45, 2.75) is 19.1 Å². The van der Waals surface area contributed by atoms with E-state index < -0.39 is 12.0 Å². The van der Waals surface area contributed by atoms with Gasteiger partial charge in [-0.15, -0.1) is 11.3 Å². The molecule has 1 aromatic carbocycles. The number of thiophene rings is 1. The Labute approximate surface area is 120 Å². The Bertz CT molecular complexity index is 583. The van der Waals surface area contributed by atoms with Crippen LogP contribution in [0.2, 0.25) is 0 Å². The van der Waals surface area contributed by atoms with Gasteiger partial charge in [0, 0.05) is 4.88 Å². The maximum absolute atomic E-state index is 11.7. The first-order chi connectivity index (χ1) is 9.56. The fraction of sp³-hybridized carbons (Fsp3) is 0.214. The molecule has 0 radical (unpaired) electrons. The van der Waals surface area contributed by atoms with Crippen LogP contribution in [0, 0.1) is 0 Å². The highest BCUT2D eigenvalue weighted by Gasteiger charge is 2.16. The number of phenolic OH excluding ortho intramolecular Hbond substituents is 2. The summed E-state index contributed by atoms with van der Waals surface area (Å²) in [5.41, 5.74) is 6.42. The van der Waals surface area contributed by atoms with E-state index in [1.165, 1.54) is 23.5 Å². The molecule has 4 N–H and O–H groups in total. The Kier molecular flexibility index (Phi) is 4.60. The van der Waals surface area contributed by atoms with Gasteiger partial charge in [-0.2, -0.15) is 0 Å². The van der Waals surface area contributed by atoms with Gasteiger partial charge in [0.15, 0.2) is 11.5 Å². The van der Waals surface area contributed by atoms with E-state index in [1.807, 2.05) is 17.5 Å². The lowest BCUT2D eigenvalue weighted by atomic mass is 10.1. The molecule has 6 heteroatoms. The number of esters is 1. The predicted molar refractivity (Wildman–Crippen MR) is 75.6 cm³/mol. The maximum Gasteiger partial charge on any atom is 0.323 e. The van der Waals surface area contributed by atoms with Gasteiger partial charge in [-0.3, -0.25) is 4.79 Å². The molecule has 0 unspecified atom stereocenters. The van der Waals surface area contributed by atoms with Crippen LogP contribution in [0.15, 0.2) is 35.7 Å². The molecule has 1 aromatic heterocycles. The highest BCUT2D eigenvalue weighted by molar-refractivity contribution is 7.09. The number of hydrogen-bond acceptors (Lipinski definition) is 6. The smallest absolute Gasteiger partial charge is 0.323 e. The number of hydrogen-bond donors (Lipinski definition) is 3. The van der Waals surface area contributed by atoms with E-state index in [4.69, 9.17) is 10.5 Å². The summed E-state index contributed by atoms with van der Waals surface area (Å²) < 4.78 is 5.11. The molecule has 0 bridgehead atoms. The van der Waals surface area contributed by atoms with Gasteiger partial charge in [0.1, 0.15) is 12.6 Å². The summed E-state index contributed by atoms with van der Waals surface area (Å²) in [7, 11) is 0. The SMILES string of the molecule is N[C@@H](Cc1ccc(O)c(O)c1)C(=O)OCc1cccs1. The Morgan fingerprint density at radius 1 is 1.30 bits per heavy atom. The minimum absolute atomic E-state index is 0.206. The Hall–Kier alpha value is -2.05. The van der Waals surface area contributed by atoms with Gasteiger partial charge in [-0.25, -0.2) is 0 Å². The third kappa shape index (κ3) is 3.72. The molecule has 20 heavy (non-hydrogen) atoms. The van der Waals surface area contributed by atoms with Crippen LogP contribution in [0.1, 0.15) is 10.4 Å². The van der Waals surface area contributed by atoms with E-state index in [1.54, 1.807) is 6.07 Å². The molecule has 1 atom stereocenters. The second-order valence-corrected chi connectivity index (χ2v) is 5.35. The molecule has 2 rings (SSSR count). The largest absolute Gasteiger partial charge is 0.504 e. The highest BCUT2D eigenvalue weighted by Crippen LogP contribution is 2.25. The number of nitrogens with two attached hydrogens (primary N) is 1. The first-order valence-corrected chi connectivity index (χ1v) is 6.89. The van der Waals surface area contributed by atoms with Crippen LogP contribution in [-0.4, -0.2) is 22.2 Å². The number of carbonyl (C=O) groups excluding carboxylic acids is 1. The van der Waals surface area contributed by atoms with Crippen molar-refractivity contribution in [2.75, 3.05) is 0 Å². The van der Waals surface area contributed by atoms with Gasteiger partial charge >= 0.3 is 5.97 Å². The molecule has 5 nitrogen and oxygen atoms in total. The van der Waals surface area contributed by atoms with Crippen LogP contribution in [0.25, 0.3) is 0 Å². The number of ether oxygens (including phenoxy) is 1. The summed E-state index contributed by atoms with van der Waals surface area (Å²) in [6.45, 7) is 0.213. The summed E-state index contributed by atoms with van der Waals surface area (Å²) >= 11 is 1.51. The zero-order valence-corrected chi connectivity index (χ0v) is 11.5. The minimum atomic E-state index is -0.807. The van der Waals surface area contributed by atoms with Crippen molar-refractivity contribution >= 4 is 17.3 Å². The van der Waals surface area contributed by atoms with Crippen LogP contribution in [0.4, 0.5) is 0 Å². The summed E-state index contributed by atoms with van der Waals surface area (Å²) in [5, 5.41) is 20.5. The molecule has 0 saturated heterocycles. The van der Waals surface area contributed by atoms with Gasteiger partial charge in [-0.05, 0) is 35.6 Å². The lowest BCUT2D eigenvalue weighted by molar-refractivity contribution is -0.146. The second kappa shape index (κ2) is 6.40. The maximum atomic E-state index is 11.7. The molecular weight excluding hydrogens is 278 g/mol. The normalized spacial score (nSPS) is 12.1. The van der Waals surface area contributed by atoms with Crippen LogP contribution in [0.3, 0.4) is 0 Å². The number of aromatic hydroxyl groups is 2. The minimum Gasteiger partial charge on any atom is -0.504 e. The van der Waals surface area contributed by atoms with Crippen molar-refractivity contribution in [1.29, 1.82) is 0 Å². The zero-order valence-electron chi connectivity index (χ0n) is 10.7. The van der Waals surface area contributed by atoms with Crippen LogP contribution in [0.5, 0.6) is 11.5 Å². The third-order valence-electron chi connectivity index (χ3n) is 2.73. The molecule has 106 valence electrons. The lowest BCUT2D eigenvalue weighted by Gasteiger charge is -2.11. The first kappa shape index (κ1) is 14.4. The molecular formula is C14H15NO4S. The molecule has 0 spiro atoms. The second-order valence-electron chi connectivity index (χ2n) is 4.32. The molecule has 0 aliphatic rings. The Balaban J connectivity index is 1.88. The van der Waals surface area contributed by atoms with E-state index in [0.717, 1.165) is 4.88 Å². The highest BCUT2D eigenvalue weighted by atomic mass is 32.1. The molecule has 2 aromatic rings. The summed E-state index contributed by atoms with van der Waals surface area (Å²) in [6, 6.07) is 7.28. The topological polar surface area (TPSA) is 92.8 Å². The third-order valence-corrected chi connectivity index (χ3v) is 3.58. The van der Waals surface area contributed by atoms with Crippen molar-refractivity contribution in [2.24, 2.45) is 5.73 Å². The van der Waals surface area contributed by atoms with Gasteiger partial charge in [0.05, 0.1) is 0 Å². The van der Waals surface area contributed by atoms with Gasteiger partial charge < -0.3 is 20.7 Å². The summed E-state index contributed by atoms with van der Waals surface area (Å²) in [5.74, 6) is -0.935. The van der Waals surface area contributed by atoms with Crippen molar-refractivity contribution in [1.82, 2.24) is 0 Å². The van der Waals surface area contributed by atoms with Gasteiger partial charge in [0.25, 0.3) is 0 Å². The van der Waals surface area contributed by atoms with Gasteiger partial charge in [0.2, 0.25) is 0 Å². The van der Waals surface area contributed by atoms with Crippen molar-refractivity contribution in [3.05, 3.63) is 46.2 Å². The standard InChI is InChI=1S/C14H15NO4S/c15-11(6-9-3-4-12(16)13(17)7-9)14(18)19-8-10-2-1-5-20-10/h1-5,7,11,16-17H,6,8,15H2/t11-/m0/s1.